The van der Waals surface area contributed by atoms with Gasteiger partial charge in [0.1, 0.15) is 0 Å². The molecule has 0 unspecified atom stereocenters. The number of benzene rings is 2. The van der Waals surface area contributed by atoms with Crippen LogP contribution < -0.4 is 0 Å². The van der Waals surface area contributed by atoms with Gasteiger partial charge in [-0.3, -0.25) is 4.79 Å². The van der Waals surface area contributed by atoms with Gasteiger partial charge in [-0.25, -0.2) is 0 Å². The number of ketones is 1. The van der Waals surface area contributed by atoms with Crippen LogP contribution in [0, 0.1) is 3.57 Å². The summed E-state index contributed by atoms with van der Waals surface area (Å²) in [5.74, 6) is -0.00197. The van der Waals surface area contributed by atoms with Crippen LogP contribution in [0.15, 0.2) is 42.5 Å². The lowest BCUT2D eigenvalue weighted by Gasteiger charge is -2.04. The predicted molar refractivity (Wildman–Crippen MR) is 83.7 cm³/mol. The number of hydrogen-bond donors (Lipinski definition) is 0. The van der Waals surface area contributed by atoms with E-state index in [9.17, 15) is 4.79 Å². The van der Waals surface area contributed by atoms with Crippen LogP contribution in [0.5, 0.6) is 0 Å². The van der Waals surface area contributed by atoms with Gasteiger partial charge in [-0.05, 0) is 58.5 Å². The fourth-order valence-corrected chi connectivity index (χ4v) is 2.47. The van der Waals surface area contributed by atoms with E-state index in [1.165, 1.54) is 0 Å². The number of carbonyl (C=O) groups excluding carboxylic acids is 1. The second kappa shape index (κ2) is 6.04. The van der Waals surface area contributed by atoms with Crippen molar-refractivity contribution in [2.75, 3.05) is 0 Å². The van der Waals surface area contributed by atoms with Gasteiger partial charge in [0.15, 0.2) is 5.78 Å². The second-order valence-corrected chi connectivity index (χ2v) is 5.94. The quantitative estimate of drug-likeness (QED) is 0.531. The third kappa shape index (κ3) is 3.46. The number of hydrogen-bond acceptors (Lipinski definition) is 1. The Bertz CT molecular complexity index is 579. The number of halogens is 3. The second-order valence-electron chi connectivity index (χ2n) is 3.85. The summed E-state index contributed by atoms with van der Waals surface area (Å²) in [5, 5.41) is 0.934. The van der Waals surface area contributed by atoms with Crippen LogP contribution in [0.1, 0.15) is 15.9 Å². The van der Waals surface area contributed by atoms with Crippen molar-refractivity contribution in [1.82, 2.24) is 0 Å². The maximum atomic E-state index is 12.1. The molecule has 92 valence electrons. The lowest BCUT2D eigenvalue weighted by atomic mass is 10.0. The van der Waals surface area contributed by atoms with Crippen LogP contribution in [-0.4, -0.2) is 5.78 Å². The summed E-state index contributed by atoms with van der Waals surface area (Å²) in [6.07, 6.45) is 0.346. The SMILES string of the molecule is O=C(Cc1ccc(I)cc1)c1ccc(Cl)cc1Cl. The van der Waals surface area contributed by atoms with Crippen molar-refractivity contribution in [3.05, 3.63) is 67.2 Å². The van der Waals surface area contributed by atoms with Crippen molar-refractivity contribution < 1.29 is 4.79 Å². The first-order valence-electron chi connectivity index (χ1n) is 5.29. The largest absolute Gasteiger partial charge is 0.294 e. The van der Waals surface area contributed by atoms with E-state index in [1.807, 2.05) is 24.3 Å². The van der Waals surface area contributed by atoms with Crippen LogP contribution in [0.3, 0.4) is 0 Å². The normalized spacial score (nSPS) is 10.4. The van der Waals surface area contributed by atoms with Gasteiger partial charge < -0.3 is 0 Å². The van der Waals surface area contributed by atoms with Crippen molar-refractivity contribution in [3.63, 3.8) is 0 Å². The molecule has 0 spiro atoms. The van der Waals surface area contributed by atoms with Crippen molar-refractivity contribution in [3.8, 4) is 0 Å². The molecule has 0 aromatic heterocycles. The van der Waals surface area contributed by atoms with Crippen molar-refractivity contribution in [2.45, 2.75) is 6.42 Å². The Hall–Kier alpha value is -0.580. The van der Waals surface area contributed by atoms with Gasteiger partial charge in [-0.2, -0.15) is 0 Å². The highest BCUT2D eigenvalue weighted by atomic mass is 127. The molecule has 1 nitrogen and oxygen atoms in total. The number of rotatable bonds is 3. The first kappa shape index (κ1) is 13.8. The maximum Gasteiger partial charge on any atom is 0.168 e. The molecule has 4 heteroatoms. The molecule has 2 aromatic carbocycles. The average molecular weight is 391 g/mol. The molecule has 0 aliphatic carbocycles. The van der Waals surface area contributed by atoms with Gasteiger partial charge in [0.25, 0.3) is 0 Å². The van der Waals surface area contributed by atoms with Crippen molar-refractivity contribution >= 4 is 51.6 Å². The molecule has 0 N–H and O–H groups in total. The van der Waals surface area contributed by atoms with E-state index >= 15 is 0 Å². The lowest BCUT2D eigenvalue weighted by Crippen LogP contribution is -2.04. The molecule has 0 radical (unpaired) electrons. The molecule has 0 atom stereocenters. The Morgan fingerprint density at radius 3 is 2.33 bits per heavy atom. The van der Waals surface area contributed by atoms with E-state index in [1.54, 1.807) is 18.2 Å². The maximum absolute atomic E-state index is 12.1. The predicted octanol–water partition coefficient (Wildman–Crippen LogP) is 5.02. The highest BCUT2D eigenvalue weighted by Gasteiger charge is 2.11. The molecule has 2 aromatic rings. The molecule has 0 amide bonds. The molecule has 0 fully saturated rings. The van der Waals surface area contributed by atoms with Gasteiger partial charge in [-0.15, -0.1) is 0 Å². The van der Waals surface area contributed by atoms with Crippen LogP contribution in [0.2, 0.25) is 10.0 Å². The summed E-state index contributed by atoms with van der Waals surface area (Å²) in [5.41, 5.74) is 1.49. The Labute approximate surface area is 129 Å². The molecule has 0 saturated heterocycles. The molecular weight excluding hydrogens is 382 g/mol. The molecule has 0 aliphatic heterocycles. The molecule has 0 saturated carbocycles. The van der Waals surface area contributed by atoms with Gasteiger partial charge in [-0.1, -0.05) is 35.3 Å². The van der Waals surface area contributed by atoms with Crippen LogP contribution in [0.25, 0.3) is 0 Å². The zero-order chi connectivity index (χ0) is 13.1. The van der Waals surface area contributed by atoms with Gasteiger partial charge in [0.2, 0.25) is 0 Å². The number of carbonyl (C=O) groups is 1. The van der Waals surface area contributed by atoms with Gasteiger partial charge >= 0.3 is 0 Å². The van der Waals surface area contributed by atoms with Gasteiger partial charge in [0, 0.05) is 20.6 Å². The molecule has 0 heterocycles. The summed E-state index contributed by atoms with van der Waals surface area (Å²) < 4.78 is 1.15. The van der Waals surface area contributed by atoms with E-state index in [0.717, 1.165) is 9.13 Å². The molecular formula is C14H9Cl2IO. The first-order chi connectivity index (χ1) is 8.56. The van der Waals surface area contributed by atoms with Crippen LogP contribution in [0.4, 0.5) is 0 Å². The minimum Gasteiger partial charge on any atom is -0.294 e. The Morgan fingerprint density at radius 1 is 1.06 bits per heavy atom. The summed E-state index contributed by atoms with van der Waals surface area (Å²) in [4.78, 5) is 12.1. The first-order valence-corrected chi connectivity index (χ1v) is 7.12. The topological polar surface area (TPSA) is 17.1 Å². The number of Topliss-reactive ketones (excluding diaryl/α,β-unsaturated/α-hetero) is 1. The lowest BCUT2D eigenvalue weighted by molar-refractivity contribution is 0.0993. The van der Waals surface area contributed by atoms with E-state index in [0.29, 0.717) is 22.0 Å². The third-order valence-electron chi connectivity index (χ3n) is 2.51. The Morgan fingerprint density at radius 2 is 1.72 bits per heavy atom. The van der Waals surface area contributed by atoms with Crippen molar-refractivity contribution in [1.29, 1.82) is 0 Å². The minimum absolute atomic E-state index is 0.00197. The summed E-state index contributed by atoms with van der Waals surface area (Å²) in [6, 6.07) is 12.8. The van der Waals surface area contributed by atoms with Gasteiger partial charge in [0.05, 0.1) is 5.02 Å². The fourth-order valence-electron chi connectivity index (χ4n) is 1.60. The smallest absolute Gasteiger partial charge is 0.168 e. The standard InChI is InChI=1S/C14H9Cl2IO/c15-10-3-6-12(13(16)8-10)14(18)7-9-1-4-11(17)5-2-9/h1-6,8H,7H2. The highest BCUT2D eigenvalue weighted by molar-refractivity contribution is 14.1. The summed E-state index contributed by atoms with van der Waals surface area (Å²) in [7, 11) is 0. The molecule has 0 bridgehead atoms. The monoisotopic (exact) mass is 390 g/mol. The zero-order valence-electron chi connectivity index (χ0n) is 9.29. The highest BCUT2D eigenvalue weighted by Crippen LogP contribution is 2.22. The summed E-state index contributed by atoms with van der Waals surface area (Å²) >= 11 is 14.0. The van der Waals surface area contributed by atoms with E-state index in [-0.39, 0.29) is 5.78 Å². The fraction of sp³-hybridized carbons (Fsp3) is 0.0714. The molecule has 18 heavy (non-hydrogen) atoms. The van der Waals surface area contributed by atoms with Crippen LogP contribution in [-0.2, 0) is 6.42 Å². The average Bonchev–Trinajstić information content (AvgIpc) is 2.32. The molecule has 0 aliphatic rings. The Balaban J connectivity index is 2.19. The summed E-state index contributed by atoms with van der Waals surface area (Å²) in [6.45, 7) is 0. The molecule has 2 rings (SSSR count). The Kier molecular flexibility index (Phi) is 4.65. The van der Waals surface area contributed by atoms with E-state index in [2.05, 4.69) is 22.6 Å². The van der Waals surface area contributed by atoms with E-state index < -0.39 is 0 Å². The zero-order valence-corrected chi connectivity index (χ0v) is 13.0. The minimum atomic E-state index is -0.00197. The van der Waals surface area contributed by atoms with Crippen LogP contribution >= 0.6 is 45.8 Å². The third-order valence-corrected chi connectivity index (χ3v) is 3.78. The van der Waals surface area contributed by atoms with E-state index in [4.69, 9.17) is 23.2 Å². The van der Waals surface area contributed by atoms with Crippen molar-refractivity contribution in [2.24, 2.45) is 0 Å².